The largest absolute Gasteiger partial charge is 0.396 e. The lowest BCUT2D eigenvalue weighted by Crippen LogP contribution is -1.98. The molecule has 2 aromatic rings. The van der Waals surface area contributed by atoms with Gasteiger partial charge in [-0.2, -0.15) is 0 Å². The second-order valence-electron chi connectivity index (χ2n) is 3.70. The second kappa shape index (κ2) is 3.54. The van der Waals surface area contributed by atoms with Gasteiger partial charge in [0.2, 0.25) is 0 Å². The molecule has 0 fully saturated rings. The van der Waals surface area contributed by atoms with E-state index in [4.69, 9.17) is 16.7 Å². The van der Waals surface area contributed by atoms with Crippen LogP contribution in [0.3, 0.4) is 0 Å². The minimum absolute atomic E-state index is 0.100. The van der Waals surface area contributed by atoms with Gasteiger partial charge < -0.3 is 5.11 Å². The molecule has 0 saturated heterocycles. The maximum atomic E-state index is 8.93. The number of halogens is 1. The quantitative estimate of drug-likeness (QED) is 0.718. The predicted molar refractivity (Wildman–Crippen MR) is 58.2 cm³/mol. The molecule has 0 aliphatic carbocycles. The molecule has 1 aromatic heterocycles. The lowest BCUT2D eigenvalue weighted by atomic mass is 10.0. The van der Waals surface area contributed by atoms with E-state index < -0.39 is 0 Å². The predicted octanol–water partition coefficient (Wildman–Crippen LogP) is 0.890. The molecular formula is C10H9ClN4O. The van der Waals surface area contributed by atoms with Crippen molar-refractivity contribution in [1.29, 1.82) is 0 Å². The number of fused-ring (bicyclic) bond motifs is 3. The molecule has 0 spiro atoms. The average Bonchev–Trinajstić information content (AvgIpc) is 2.83. The highest BCUT2D eigenvalue weighted by Crippen LogP contribution is 2.35. The van der Waals surface area contributed by atoms with Gasteiger partial charge in [0.15, 0.2) is 5.82 Å². The molecule has 0 saturated carbocycles. The van der Waals surface area contributed by atoms with Crippen LogP contribution in [0.5, 0.6) is 0 Å². The van der Waals surface area contributed by atoms with Gasteiger partial charge >= 0.3 is 0 Å². The topological polar surface area (TPSA) is 63.8 Å². The summed E-state index contributed by atoms with van der Waals surface area (Å²) >= 11 is 6.28. The van der Waals surface area contributed by atoms with Crippen molar-refractivity contribution >= 4 is 11.6 Å². The highest BCUT2D eigenvalue weighted by Gasteiger charge is 2.24. The number of tetrazole rings is 1. The van der Waals surface area contributed by atoms with Gasteiger partial charge in [-0.15, -0.1) is 5.10 Å². The number of hydrogen-bond acceptors (Lipinski definition) is 4. The number of rotatable bonds is 2. The van der Waals surface area contributed by atoms with Crippen LogP contribution in [0.1, 0.15) is 11.1 Å². The third-order valence-electron chi connectivity index (χ3n) is 2.79. The van der Waals surface area contributed by atoms with Crippen LogP contribution >= 0.6 is 11.6 Å². The molecule has 0 amide bonds. The zero-order chi connectivity index (χ0) is 11.1. The fourth-order valence-corrected chi connectivity index (χ4v) is 2.32. The number of nitrogens with zero attached hydrogens (tertiary/aromatic N) is 4. The molecule has 6 heteroatoms. The summed E-state index contributed by atoms with van der Waals surface area (Å²) in [5, 5.41) is 21.1. The molecule has 0 radical (unpaired) electrons. The Kier molecular flexibility index (Phi) is 2.15. The van der Waals surface area contributed by atoms with Crippen LogP contribution in [0.4, 0.5) is 0 Å². The first-order valence-corrected chi connectivity index (χ1v) is 5.36. The average molecular weight is 237 g/mol. The van der Waals surface area contributed by atoms with Gasteiger partial charge in [0.1, 0.15) is 0 Å². The minimum atomic E-state index is 0.100. The van der Waals surface area contributed by atoms with Crippen LogP contribution in [-0.2, 0) is 13.0 Å². The van der Waals surface area contributed by atoms with E-state index in [0.29, 0.717) is 18.0 Å². The smallest absolute Gasteiger partial charge is 0.182 e. The van der Waals surface area contributed by atoms with Gasteiger partial charge in [-0.3, -0.25) is 0 Å². The molecule has 16 heavy (non-hydrogen) atoms. The molecular weight excluding hydrogens is 228 g/mol. The standard InChI is InChI=1S/C10H9ClN4O/c11-9-6(3-4-16)1-2-7-8(9)5-15-10(7)12-13-14-15/h1-2,16H,3-5H2. The summed E-state index contributed by atoms with van der Waals surface area (Å²) in [6.07, 6.45) is 0.570. The molecule has 2 heterocycles. The molecule has 82 valence electrons. The van der Waals surface area contributed by atoms with E-state index in [0.717, 1.165) is 22.5 Å². The molecule has 1 aliphatic rings. The van der Waals surface area contributed by atoms with Crippen molar-refractivity contribution in [2.24, 2.45) is 0 Å². The van der Waals surface area contributed by atoms with Crippen LogP contribution in [-0.4, -0.2) is 31.9 Å². The summed E-state index contributed by atoms with van der Waals surface area (Å²) < 4.78 is 1.72. The Balaban J connectivity index is 2.14. The van der Waals surface area contributed by atoms with E-state index >= 15 is 0 Å². The monoisotopic (exact) mass is 236 g/mol. The lowest BCUT2D eigenvalue weighted by Gasteiger charge is -2.06. The first-order chi connectivity index (χ1) is 7.81. The van der Waals surface area contributed by atoms with Crippen molar-refractivity contribution in [2.75, 3.05) is 6.61 Å². The Bertz CT molecular complexity index is 552. The zero-order valence-electron chi connectivity index (χ0n) is 8.39. The Morgan fingerprint density at radius 1 is 1.44 bits per heavy atom. The Hall–Kier alpha value is -1.46. The van der Waals surface area contributed by atoms with Crippen molar-refractivity contribution in [3.8, 4) is 11.4 Å². The van der Waals surface area contributed by atoms with Crippen molar-refractivity contribution < 1.29 is 5.11 Å². The van der Waals surface area contributed by atoms with Gasteiger partial charge in [-0.1, -0.05) is 23.7 Å². The molecule has 0 unspecified atom stereocenters. The Morgan fingerprint density at radius 3 is 3.12 bits per heavy atom. The number of hydrogen-bond donors (Lipinski definition) is 1. The molecule has 1 N–H and O–H groups in total. The van der Waals surface area contributed by atoms with Gasteiger partial charge in [-0.25, -0.2) is 4.68 Å². The maximum Gasteiger partial charge on any atom is 0.182 e. The van der Waals surface area contributed by atoms with E-state index in [1.54, 1.807) is 4.68 Å². The Morgan fingerprint density at radius 2 is 2.31 bits per heavy atom. The van der Waals surface area contributed by atoms with Crippen LogP contribution in [0.25, 0.3) is 11.4 Å². The highest BCUT2D eigenvalue weighted by atomic mass is 35.5. The van der Waals surface area contributed by atoms with Crippen molar-refractivity contribution in [3.63, 3.8) is 0 Å². The number of aliphatic hydroxyl groups excluding tert-OH is 1. The van der Waals surface area contributed by atoms with Gasteiger partial charge in [0.25, 0.3) is 0 Å². The molecule has 1 aromatic carbocycles. The van der Waals surface area contributed by atoms with Crippen molar-refractivity contribution in [1.82, 2.24) is 20.2 Å². The molecule has 3 rings (SSSR count). The van der Waals surface area contributed by atoms with E-state index in [9.17, 15) is 0 Å². The fraction of sp³-hybridized carbons (Fsp3) is 0.300. The third kappa shape index (κ3) is 1.25. The van der Waals surface area contributed by atoms with Crippen LogP contribution in [0.2, 0.25) is 5.02 Å². The third-order valence-corrected chi connectivity index (χ3v) is 3.26. The van der Waals surface area contributed by atoms with E-state index in [1.165, 1.54) is 0 Å². The summed E-state index contributed by atoms with van der Waals surface area (Å²) in [6, 6.07) is 3.88. The lowest BCUT2D eigenvalue weighted by molar-refractivity contribution is 0.299. The normalized spacial score (nSPS) is 12.6. The minimum Gasteiger partial charge on any atom is -0.396 e. The van der Waals surface area contributed by atoms with Gasteiger partial charge in [0.05, 0.1) is 6.54 Å². The van der Waals surface area contributed by atoms with Crippen LogP contribution in [0, 0.1) is 0 Å². The van der Waals surface area contributed by atoms with Crippen LogP contribution < -0.4 is 0 Å². The van der Waals surface area contributed by atoms with E-state index in [2.05, 4.69) is 15.5 Å². The SMILES string of the molecule is OCCc1ccc2c(c1Cl)Cn1nnnc1-2. The maximum absolute atomic E-state index is 8.93. The van der Waals surface area contributed by atoms with Crippen LogP contribution in [0.15, 0.2) is 12.1 Å². The number of aromatic nitrogens is 4. The number of aliphatic hydroxyl groups is 1. The second-order valence-corrected chi connectivity index (χ2v) is 4.08. The molecule has 0 atom stereocenters. The summed E-state index contributed by atoms with van der Waals surface area (Å²) in [4.78, 5) is 0. The molecule has 0 bridgehead atoms. The fourth-order valence-electron chi connectivity index (χ4n) is 2.00. The van der Waals surface area contributed by atoms with E-state index in [1.807, 2.05) is 12.1 Å². The summed E-state index contributed by atoms with van der Waals surface area (Å²) in [6.45, 7) is 0.707. The number of benzene rings is 1. The first-order valence-electron chi connectivity index (χ1n) is 4.99. The molecule has 1 aliphatic heterocycles. The Labute approximate surface area is 96.7 Å². The first kappa shape index (κ1) is 9.74. The van der Waals surface area contributed by atoms with Crippen molar-refractivity contribution in [2.45, 2.75) is 13.0 Å². The van der Waals surface area contributed by atoms with E-state index in [-0.39, 0.29) is 6.61 Å². The van der Waals surface area contributed by atoms with Gasteiger partial charge in [-0.05, 0) is 22.4 Å². The zero-order valence-corrected chi connectivity index (χ0v) is 9.15. The summed E-state index contributed by atoms with van der Waals surface area (Å²) in [5.41, 5.74) is 2.96. The molecule has 5 nitrogen and oxygen atoms in total. The summed E-state index contributed by atoms with van der Waals surface area (Å²) in [7, 11) is 0. The summed E-state index contributed by atoms with van der Waals surface area (Å²) in [5.74, 6) is 0.757. The van der Waals surface area contributed by atoms with Gasteiger partial charge in [0, 0.05) is 22.8 Å². The highest BCUT2D eigenvalue weighted by molar-refractivity contribution is 6.32. The van der Waals surface area contributed by atoms with Crippen molar-refractivity contribution in [3.05, 3.63) is 28.3 Å².